The molecule has 0 amide bonds. The molecule has 4 aromatic rings. The first kappa shape index (κ1) is 35.4. The molecule has 0 bridgehead atoms. The van der Waals surface area contributed by atoms with E-state index in [0.717, 1.165) is 60.3 Å². The van der Waals surface area contributed by atoms with Gasteiger partial charge in [-0.3, -0.25) is 0 Å². The Hall–Kier alpha value is -3.44. The van der Waals surface area contributed by atoms with Crippen molar-refractivity contribution in [3.05, 3.63) is 95.6 Å². The molecular weight excluding hydrogens is 601 g/mol. The first-order valence-corrected chi connectivity index (χ1v) is 19.6. The minimum atomic E-state index is 0.0581. The molecule has 0 radical (unpaired) electrons. The normalized spacial score (nSPS) is 22.4. The summed E-state index contributed by atoms with van der Waals surface area (Å²) < 4.78 is 7.55. The first-order chi connectivity index (χ1) is 24.1. The summed E-state index contributed by atoms with van der Waals surface area (Å²) in [5.41, 5.74) is 7.10. The molecule has 2 aliphatic carbocycles. The fourth-order valence-corrected chi connectivity index (χ4v) is 8.37. The van der Waals surface area contributed by atoms with E-state index in [4.69, 9.17) is 24.7 Å². The van der Waals surface area contributed by atoms with Crippen LogP contribution in [-0.2, 0) is 17.6 Å². The number of benzene rings is 2. The summed E-state index contributed by atoms with van der Waals surface area (Å²) in [6.45, 7) is 9.09. The fourth-order valence-electron chi connectivity index (χ4n) is 8.37. The van der Waals surface area contributed by atoms with Gasteiger partial charge in [0, 0.05) is 35.9 Å². The summed E-state index contributed by atoms with van der Waals surface area (Å²) in [6.07, 6.45) is 25.0. The lowest BCUT2D eigenvalue weighted by molar-refractivity contribution is -0.0905. The smallest absolute Gasteiger partial charge is 0.159 e. The highest BCUT2D eigenvalue weighted by atomic mass is 16.5. The molecule has 2 heterocycles. The monoisotopic (exact) mass is 658 g/mol. The summed E-state index contributed by atoms with van der Waals surface area (Å²) in [5, 5.41) is 0. The highest BCUT2D eigenvalue weighted by Gasteiger charge is 2.35. The number of aromatic nitrogens is 4. The van der Waals surface area contributed by atoms with E-state index in [1.807, 2.05) is 24.8 Å². The lowest BCUT2D eigenvalue weighted by Gasteiger charge is -2.40. The second-order valence-electron chi connectivity index (χ2n) is 14.9. The summed E-state index contributed by atoms with van der Waals surface area (Å²) in [5.74, 6) is 4.31. The number of rotatable bonds is 14. The molecule has 0 spiro atoms. The molecule has 260 valence electrons. The molecule has 2 aliphatic rings. The first-order valence-electron chi connectivity index (χ1n) is 19.6. The lowest BCUT2D eigenvalue weighted by atomic mass is 9.75. The van der Waals surface area contributed by atoms with Crippen molar-refractivity contribution >= 4 is 0 Å². The van der Waals surface area contributed by atoms with Gasteiger partial charge in [0.1, 0.15) is 0 Å². The van der Waals surface area contributed by atoms with Crippen LogP contribution in [0.3, 0.4) is 0 Å². The molecule has 2 unspecified atom stereocenters. The Morgan fingerprint density at radius 3 is 1.16 bits per heavy atom. The predicted octanol–water partition coefficient (Wildman–Crippen LogP) is 11.7. The minimum absolute atomic E-state index is 0.0581. The van der Waals surface area contributed by atoms with Crippen LogP contribution in [0.1, 0.15) is 139 Å². The molecule has 49 heavy (non-hydrogen) atoms. The van der Waals surface area contributed by atoms with E-state index in [1.165, 1.54) is 86.5 Å². The third-order valence-electron chi connectivity index (χ3n) is 11.6. The number of aryl methyl sites for hydroxylation is 2. The van der Waals surface area contributed by atoms with Gasteiger partial charge >= 0.3 is 0 Å². The molecule has 0 aliphatic heterocycles. The van der Waals surface area contributed by atoms with Crippen molar-refractivity contribution < 1.29 is 4.74 Å². The quantitative estimate of drug-likeness (QED) is 0.135. The summed E-state index contributed by atoms with van der Waals surface area (Å²) in [7, 11) is 0. The van der Waals surface area contributed by atoms with Gasteiger partial charge in [0.05, 0.1) is 12.2 Å². The maximum Gasteiger partial charge on any atom is 0.159 e. The van der Waals surface area contributed by atoms with Crippen LogP contribution in [0, 0.1) is 23.7 Å². The molecule has 2 fully saturated rings. The Labute approximate surface area is 295 Å². The van der Waals surface area contributed by atoms with E-state index in [1.54, 1.807) is 0 Å². The summed E-state index contributed by atoms with van der Waals surface area (Å²) >= 11 is 0. The Morgan fingerprint density at radius 2 is 0.857 bits per heavy atom. The van der Waals surface area contributed by atoms with Gasteiger partial charge in [-0.2, -0.15) is 0 Å². The van der Waals surface area contributed by atoms with E-state index in [-0.39, 0.29) is 12.2 Å². The average molecular weight is 659 g/mol. The van der Waals surface area contributed by atoms with Crippen molar-refractivity contribution in [1.82, 2.24) is 19.9 Å². The van der Waals surface area contributed by atoms with Crippen molar-refractivity contribution in [2.45, 2.75) is 130 Å². The third kappa shape index (κ3) is 9.03. The highest BCUT2D eigenvalue weighted by molar-refractivity contribution is 5.56. The van der Waals surface area contributed by atoms with E-state index >= 15 is 0 Å². The van der Waals surface area contributed by atoms with Gasteiger partial charge in [-0.25, -0.2) is 19.9 Å². The largest absolute Gasteiger partial charge is 0.365 e. The number of hydrogen-bond acceptors (Lipinski definition) is 5. The van der Waals surface area contributed by atoms with E-state index in [0.29, 0.717) is 11.8 Å². The van der Waals surface area contributed by atoms with Crippen LogP contribution < -0.4 is 0 Å². The predicted molar refractivity (Wildman–Crippen MR) is 201 cm³/mol. The second-order valence-corrected chi connectivity index (χ2v) is 14.9. The van der Waals surface area contributed by atoms with Gasteiger partial charge in [0.25, 0.3) is 0 Å². The van der Waals surface area contributed by atoms with Crippen molar-refractivity contribution in [3.63, 3.8) is 0 Å². The number of nitrogens with zero attached hydrogens (tertiary/aromatic N) is 4. The SMILES string of the molecule is CCCc1cnc(-c2ccc(C(OC(c3ccc(-c4ncc(CCC)cn4)cc3)C3CCC(CC)CC3)C3CCC(CC)CC3)cc2)nc1. The van der Waals surface area contributed by atoms with Gasteiger partial charge < -0.3 is 4.74 Å². The third-order valence-corrected chi connectivity index (χ3v) is 11.6. The van der Waals surface area contributed by atoms with Crippen LogP contribution >= 0.6 is 0 Å². The zero-order valence-electron chi connectivity index (χ0n) is 30.5. The molecule has 6 rings (SSSR count). The van der Waals surface area contributed by atoms with Gasteiger partial charge in [-0.15, -0.1) is 0 Å². The molecule has 0 saturated heterocycles. The second kappa shape index (κ2) is 17.5. The lowest BCUT2D eigenvalue weighted by Crippen LogP contribution is -2.28. The Kier molecular flexibility index (Phi) is 12.6. The summed E-state index contributed by atoms with van der Waals surface area (Å²) in [4.78, 5) is 18.8. The van der Waals surface area contributed by atoms with Crippen LogP contribution in [0.2, 0.25) is 0 Å². The molecule has 5 heteroatoms. The topological polar surface area (TPSA) is 60.8 Å². The Balaban J connectivity index is 1.29. The van der Waals surface area contributed by atoms with Gasteiger partial charge in [-0.1, -0.05) is 128 Å². The van der Waals surface area contributed by atoms with Crippen molar-refractivity contribution in [3.8, 4) is 22.8 Å². The van der Waals surface area contributed by atoms with Gasteiger partial charge in [0.2, 0.25) is 0 Å². The van der Waals surface area contributed by atoms with Crippen molar-refractivity contribution in [2.24, 2.45) is 23.7 Å². The molecule has 2 saturated carbocycles. The maximum atomic E-state index is 7.55. The number of ether oxygens (including phenoxy) is 1. The highest BCUT2D eigenvalue weighted by Crippen LogP contribution is 2.47. The van der Waals surface area contributed by atoms with Crippen LogP contribution in [0.4, 0.5) is 0 Å². The standard InChI is InChI=1S/C44H58N4O/c1-5-9-33-27-45-43(46-28-33)39-23-19-37(20-24-39)41(35-15-11-31(7-3)12-16-35)49-42(36-17-13-32(8-4)14-18-36)38-21-25-40(26-22-38)44-47-29-34(10-6-2)30-48-44/h19-32,35-36,41-42H,5-18H2,1-4H3. The molecular formula is C44H58N4O. The fraction of sp³-hybridized carbons (Fsp3) is 0.545. The minimum Gasteiger partial charge on any atom is -0.365 e. The molecule has 0 N–H and O–H groups in total. The van der Waals surface area contributed by atoms with E-state index in [9.17, 15) is 0 Å². The van der Waals surface area contributed by atoms with Gasteiger partial charge in [0.15, 0.2) is 11.6 Å². The van der Waals surface area contributed by atoms with Crippen LogP contribution in [0.5, 0.6) is 0 Å². The molecule has 2 aromatic carbocycles. The Morgan fingerprint density at radius 1 is 0.510 bits per heavy atom. The van der Waals surface area contributed by atoms with Crippen molar-refractivity contribution in [2.75, 3.05) is 0 Å². The number of hydrogen-bond donors (Lipinski definition) is 0. The van der Waals surface area contributed by atoms with Gasteiger partial charge in [-0.05, 0) is 84.5 Å². The van der Waals surface area contributed by atoms with E-state index in [2.05, 4.69) is 76.2 Å². The van der Waals surface area contributed by atoms with Crippen LogP contribution in [0.15, 0.2) is 73.3 Å². The maximum absolute atomic E-state index is 7.55. The molecule has 2 atom stereocenters. The van der Waals surface area contributed by atoms with E-state index < -0.39 is 0 Å². The zero-order valence-corrected chi connectivity index (χ0v) is 30.5. The van der Waals surface area contributed by atoms with Crippen LogP contribution in [0.25, 0.3) is 22.8 Å². The summed E-state index contributed by atoms with van der Waals surface area (Å²) in [6, 6.07) is 18.0. The molecule has 5 nitrogen and oxygen atoms in total. The zero-order chi connectivity index (χ0) is 34.0. The molecule has 2 aromatic heterocycles. The van der Waals surface area contributed by atoms with Crippen molar-refractivity contribution in [1.29, 1.82) is 0 Å². The average Bonchev–Trinajstić information content (AvgIpc) is 3.17. The van der Waals surface area contributed by atoms with Crippen LogP contribution in [-0.4, -0.2) is 19.9 Å². The Bertz CT molecular complexity index is 1420.